The topological polar surface area (TPSA) is 43.9 Å². The molecule has 0 bridgehead atoms. The first-order valence-electron chi connectivity index (χ1n) is 8.61. The van der Waals surface area contributed by atoms with Crippen molar-refractivity contribution in [2.24, 2.45) is 5.92 Å². The van der Waals surface area contributed by atoms with E-state index in [1.54, 1.807) is 0 Å². The van der Waals surface area contributed by atoms with Crippen LogP contribution in [0.2, 0.25) is 0 Å². The molecule has 2 amide bonds. The van der Waals surface area contributed by atoms with E-state index in [1.165, 1.54) is 0 Å². The number of hydrogen-bond acceptors (Lipinski definition) is 3. The minimum atomic E-state index is -4.42. The van der Waals surface area contributed by atoms with Gasteiger partial charge in [-0.2, -0.15) is 13.2 Å². The molecule has 0 N–H and O–H groups in total. The first kappa shape index (κ1) is 17.5. The van der Waals surface area contributed by atoms with E-state index < -0.39 is 24.5 Å². The van der Waals surface area contributed by atoms with Crippen LogP contribution in [0.4, 0.5) is 13.2 Å². The number of amides is 2. The Hall–Kier alpha value is -1.31. The first-order valence-corrected chi connectivity index (χ1v) is 8.61. The highest BCUT2D eigenvalue weighted by Gasteiger charge is 2.45. The number of carbonyl (C=O) groups is 2. The van der Waals surface area contributed by atoms with Crippen molar-refractivity contribution < 1.29 is 22.8 Å². The smallest absolute Gasteiger partial charge is 0.338 e. The van der Waals surface area contributed by atoms with E-state index in [9.17, 15) is 22.8 Å². The molecular formula is C16H24F3N3O2. The fraction of sp³-hybridized carbons (Fsp3) is 0.875. The standard InChI is InChI=1S/C16H24F3N3O2/c1-20-6-2-4-12(20)13-5-3-7-22(13)15(24)11-8-14(23)21(9-11)10-16(17,18)19/h11-13H,2-10H2,1H3/t11-,12-,13-/m1/s1. The van der Waals surface area contributed by atoms with Crippen molar-refractivity contribution in [3.05, 3.63) is 0 Å². The van der Waals surface area contributed by atoms with E-state index in [0.29, 0.717) is 12.6 Å². The molecule has 0 aromatic heterocycles. The highest BCUT2D eigenvalue weighted by atomic mass is 19.4. The molecule has 3 aliphatic heterocycles. The molecule has 0 spiro atoms. The van der Waals surface area contributed by atoms with Crippen LogP contribution in [-0.4, -0.2) is 78.0 Å². The summed E-state index contributed by atoms with van der Waals surface area (Å²) in [6.45, 7) is 0.299. The largest absolute Gasteiger partial charge is 0.406 e. The van der Waals surface area contributed by atoms with Gasteiger partial charge in [-0.1, -0.05) is 0 Å². The maximum Gasteiger partial charge on any atom is 0.406 e. The van der Waals surface area contributed by atoms with Gasteiger partial charge in [-0.15, -0.1) is 0 Å². The van der Waals surface area contributed by atoms with Gasteiger partial charge in [0.15, 0.2) is 0 Å². The summed E-state index contributed by atoms with van der Waals surface area (Å²) in [5.41, 5.74) is 0. The van der Waals surface area contributed by atoms with Gasteiger partial charge in [0.1, 0.15) is 6.54 Å². The van der Waals surface area contributed by atoms with Gasteiger partial charge in [0.05, 0.1) is 5.92 Å². The van der Waals surface area contributed by atoms with Crippen LogP contribution in [0.5, 0.6) is 0 Å². The van der Waals surface area contributed by atoms with Gasteiger partial charge in [0, 0.05) is 31.6 Å². The minimum absolute atomic E-state index is 0.0986. The maximum absolute atomic E-state index is 12.8. The van der Waals surface area contributed by atoms with Crippen molar-refractivity contribution >= 4 is 11.8 Å². The second-order valence-corrected chi connectivity index (χ2v) is 7.22. The molecule has 3 fully saturated rings. The Morgan fingerprint density at radius 2 is 1.83 bits per heavy atom. The lowest BCUT2D eigenvalue weighted by molar-refractivity contribution is -0.157. The quantitative estimate of drug-likeness (QED) is 0.777. The number of carbonyl (C=O) groups excluding carboxylic acids is 2. The van der Waals surface area contributed by atoms with Crippen LogP contribution >= 0.6 is 0 Å². The van der Waals surface area contributed by atoms with Gasteiger partial charge in [0.25, 0.3) is 0 Å². The summed E-state index contributed by atoms with van der Waals surface area (Å²) in [6, 6.07) is 0.469. The average Bonchev–Trinajstić information content (AvgIpc) is 3.17. The van der Waals surface area contributed by atoms with Gasteiger partial charge >= 0.3 is 6.18 Å². The zero-order chi connectivity index (χ0) is 17.5. The normalized spacial score (nSPS) is 32.2. The van der Waals surface area contributed by atoms with Crippen LogP contribution < -0.4 is 0 Å². The number of likely N-dealkylation sites (tertiary alicyclic amines) is 3. The van der Waals surface area contributed by atoms with Gasteiger partial charge in [-0.05, 0) is 39.3 Å². The van der Waals surface area contributed by atoms with Crippen LogP contribution in [0.25, 0.3) is 0 Å². The van der Waals surface area contributed by atoms with E-state index in [2.05, 4.69) is 11.9 Å². The predicted molar refractivity (Wildman–Crippen MR) is 81.1 cm³/mol. The molecule has 3 heterocycles. The molecule has 0 aromatic rings. The summed E-state index contributed by atoms with van der Waals surface area (Å²) in [5.74, 6) is -1.35. The Kier molecular flexibility index (Phi) is 4.77. The average molecular weight is 347 g/mol. The third kappa shape index (κ3) is 3.53. The Balaban J connectivity index is 1.64. The lowest BCUT2D eigenvalue weighted by Gasteiger charge is -2.34. The van der Waals surface area contributed by atoms with Gasteiger partial charge < -0.3 is 14.7 Å². The SMILES string of the molecule is CN1CCC[C@@H]1[C@H]1CCCN1C(=O)[C@@H]1CC(=O)N(CC(F)(F)F)C1. The maximum atomic E-state index is 12.8. The first-order chi connectivity index (χ1) is 11.3. The molecule has 3 saturated heterocycles. The molecule has 0 unspecified atom stereocenters. The molecule has 0 saturated carbocycles. The Morgan fingerprint density at radius 1 is 1.17 bits per heavy atom. The number of nitrogens with zero attached hydrogens (tertiary/aromatic N) is 3. The van der Waals surface area contributed by atoms with Crippen molar-refractivity contribution in [2.45, 2.75) is 50.4 Å². The van der Waals surface area contributed by atoms with Crippen molar-refractivity contribution in [2.75, 3.05) is 33.2 Å². The van der Waals surface area contributed by atoms with Crippen LogP contribution in [0.3, 0.4) is 0 Å². The van der Waals surface area contributed by atoms with Crippen molar-refractivity contribution in [3.8, 4) is 0 Å². The lowest BCUT2D eigenvalue weighted by atomic mass is 10.0. The monoisotopic (exact) mass is 347 g/mol. The van der Waals surface area contributed by atoms with Crippen LogP contribution in [0.15, 0.2) is 0 Å². The summed E-state index contributed by atoms with van der Waals surface area (Å²) in [4.78, 5) is 29.5. The van der Waals surface area contributed by atoms with Crippen molar-refractivity contribution in [1.82, 2.24) is 14.7 Å². The molecule has 0 aliphatic carbocycles. The Bertz CT molecular complexity index is 511. The molecule has 3 aliphatic rings. The molecule has 24 heavy (non-hydrogen) atoms. The second-order valence-electron chi connectivity index (χ2n) is 7.22. The summed E-state index contributed by atoms with van der Waals surface area (Å²) < 4.78 is 37.6. The van der Waals surface area contributed by atoms with Gasteiger partial charge in [-0.25, -0.2) is 0 Å². The summed E-state index contributed by atoms with van der Waals surface area (Å²) in [6.07, 6.45) is -0.494. The molecule has 3 rings (SSSR count). The minimum Gasteiger partial charge on any atom is -0.338 e. The predicted octanol–water partition coefficient (Wildman–Crippen LogP) is 1.48. The zero-order valence-corrected chi connectivity index (χ0v) is 13.9. The molecule has 0 radical (unpaired) electrons. The molecule has 0 aromatic carbocycles. The third-order valence-corrected chi connectivity index (χ3v) is 5.54. The van der Waals surface area contributed by atoms with E-state index in [0.717, 1.165) is 37.1 Å². The van der Waals surface area contributed by atoms with Gasteiger partial charge in [0.2, 0.25) is 11.8 Å². The number of hydrogen-bond donors (Lipinski definition) is 0. The summed E-state index contributed by atoms with van der Waals surface area (Å²) >= 11 is 0. The van der Waals surface area contributed by atoms with E-state index >= 15 is 0 Å². The Morgan fingerprint density at radius 3 is 2.46 bits per heavy atom. The highest BCUT2D eigenvalue weighted by molar-refractivity contribution is 5.89. The molecule has 136 valence electrons. The number of likely N-dealkylation sites (N-methyl/N-ethyl adjacent to an activating group) is 1. The summed E-state index contributed by atoms with van der Waals surface area (Å²) in [7, 11) is 2.06. The molecule has 5 nitrogen and oxygen atoms in total. The molecule has 8 heteroatoms. The number of halogens is 3. The molecule has 3 atom stereocenters. The van der Waals surface area contributed by atoms with Crippen molar-refractivity contribution in [1.29, 1.82) is 0 Å². The van der Waals surface area contributed by atoms with E-state index in [-0.39, 0.29) is 24.9 Å². The van der Waals surface area contributed by atoms with Crippen LogP contribution in [0.1, 0.15) is 32.1 Å². The van der Waals surface area contributed by atoms with E-state index in [1.807, 2.05) is 4.90 Å². The van der Waals surface area contributed by atoms with E-state index in [4.69, 9.17) is 0 Å². The number of alkyl halides is 3. The lowest BCUT2D eigenvalue weighted by Crippen LogP contribution is -2.49. The summed E-state index contributed by atoms with van der Waals surface area (Å²) in [5, 5.41) is 0. The highest BCUT2D eigenvalue weighted by Crippen LogP contribution is 2.32. The third-order valence-electron chi connectivity index (χ3n) is 5.54. The fourth-order valence-electron chi connectivity index (χ4n) is 4.43. The van der Waals surface area contributed by atoms with Crippen LogP contribution in [-0.2, 0) is 9.59 Å². The second kappa shape index (κ2) is 6.54. The van der Waals surface area contributed by atoms with Crippen LogP contribution in [0, 0.1) is 5.92 Å². The van der Waals surface area contributed by atoms with Crippen molar-refractivity contribution in [3.63, 3.8) is 0 Å². The Labute approximate surface area is 139 Å². The zero-order valence-electron chi connectivity index (χ0n) is 13.9. The fourth-order valence-corrected chi connectivity index (χ4v) is 4.43. The number of rotatable bonds is 3. The van der Waals surface area contributed by atoms with Gasteiger partial charge in [-0.3, -0.25) is 9.59 Å². The molecular weight excluding hydrogens is 323 g/mol.